The molecule has 0 radical (unpaired) electrons. The van der Waals surface area contributed by atoms with Crippen LogP contribution in [0.4, 0.5) is 5.69 Å². The van der Waals surface area contributed by atoms with Gasteiger partial charge in [-0.15, -0.1) is 0 Å². The van der Waals surface area contributed by atoms with E-state index in [1.54, 1.807) is 0 Å². The van der Waals surface area contributed by atoms with Gasteiger partial charge < -0.3 is 5.73 Å². The maximum atomic E-state index is 11.5. The van der Waals surface area contributed by atoms with Crippen molar-refractivity contribution in [2.75, 3.05) is 5.73 Å². The van der Waals surface area contributed by atoms with Crippen LogP contribution in [0.25, 0.3) is 5.69 Å². The van der Waals surface area contributed by atoms with Gasteiger partial charge in [0.1, 0.15) is 5.69 Å². The fraction of sp³-hybridized carbons (Fsp3) is 0.100. The number of nitrogen functional groups attached to an aromatic ring is 1. The minimum Gasteiger partial charge on any atom is -0.393 e. The summed E-state index contributed by atoms with van der Waals surface area (Å²) in [6.07, 6.45) is 1.49. The summed E-state index contributed by atoms with van der Waals surface area (Å²) in [5.41, 5.74) is 7.36. The second-order valence-corrected chi connectivity index (χ2v) is 3.21. The predicted octanol–water partition coefficient (Wildman–Crippen LogP) is 1.06. The van der Waals surface area contributed by atoms with Crippen LogP contribution < -0.4 is 11.3 Å². The second kappa shape index (κ2) is 3.06. The van der Waals surface area contributed by atoms with Crippen LogP contribution in [0.2, 0.25) is 0 Å². The third-order valence-corrected chi connectivity index (χ3v) is 2.06. The highest BCUT2D eigenvalue weighted by Gasteiger charge is 2.03. The molecule has 0 atom stereocenters. The highest BCUT2D eigenvalue weighted by atomic mass is 16.1. The average molecular weight is 189 g/mol. The van der Waals surface area contributed by atoms with Crippen molar-refractivity contribution in [1.29, 1.82) is 0 Å². The smallest absolute Gasteiger partial charge is 0.294 e. The molecule has 0 bridgehead atoms. The number of hydrogen-bond acceptors (Lipinski definition) is 2. The maximum absolute atomic E-state index is 11.5. The van der Waals surface area contributed by atoms with Gasteiger partial charge in [0, 0.05) is 6.20 Å². The first kappa shape index (κ1) is 8.62. The second-order valence-electron chi connectivity index (χ2n) is 3.21. The van der Waals surface area contributed by atoms with E-state index in [2.05, 4.69) is 5.10 Å². The summed E-state index contributed by atoms with van der Waals surface area (Å²) in [6.45, 7) is 1.97. The average Bonchev–Trinajstić information content (AvgIpc) is 2.48. The van der Waals surface area contributed by atoms with Crippen LogP contribution in [0.5, 0.6) is 0 Å². The van der Waals surface area contributed by atoms with Crippen molar-refractivity contribution in [3.05, 3.63) is 46.4 Å². The largest absolute Gasteiger partial charge is 0.393 e. The summed E-state index contributed by atoms with van der Waals surface area (Å²) >= 11 is 0. The summed E-state index contributed by atoms with van der Waals surface area (Å²) < 4.78 is 1.42. The molecule has 0 amide bonds. The molecule has 2 aromatic rings. The SMILES string of the molecule is Cc1cccc(-n2[nH]cc(N)c2=O)c1. The zero-order chi connectivity index (χ0) is 10.1. The molecule has 2 rings (SSSR count). The lowest BCUT2D eigenvalue weighted by atomic mass is 10.2. The number of benzene rings is 1. The van der Waals surface area contributed by atoms with Gasteiger partial charge in [0.05, 0.1) is 5.69 Å². The van der Waals surface area contributed by atoms with Gasteiger partial charge in [-0.2, -0.15) is 0 Å². The van der Waals surface area contributed by atoms with E-state index < -0.39 is 0 Å². The quantitative estimate of drug-likeness (QED) is 0.704. The molecule has 4 heteroatoms. The third kappa shape index (κ3) is 1.31. The maximum Gasteiger partial charge on any atom is 0.294 e. The number of aromatic amines is 1. The Morgan fingerprint density at radius 1 is 1.43 bits per heavy atom. The first-order chi connectivity index (χ1) is 6.68. The molecule has 0 spiro atoms. The zero-order valence-electron chi connectivity index (χ0n) is 7.82. The fourth-order valence-corrected chi connectivity index (χ4v) is 1.34. The van der Waals surface area contributed by atoms with E-state index in [4.69, 9.17) is 5.73 Å². The molecular weight excluding hydrogens is 178 g/mol. The lowest BCUT2D eigenvalue weighted by molar-refractivity contribution is 0.848. The lowest BCUT2D eigenvalue weighted by Gasteiger charge is -2.01. The van der Waals surface area contributed by atoms with E-state index >= 15 is 0 Å². The van der Waals surface area contributed by atoms with Gasteiger partial charge in [0.25, 0.3) is 5.56 Å². The van der Waals surface area contributed by atoms with E-state index in [0.717, 1.165) is 11.3 Å². The van der Waals surface area contributed by atoms with Crippen LogP contribution in [0.15, 0.2) is 35.3 Å². The van der Waals surface area contributed by atoms with Crippen molar-refractivity contribution in [3.63, 3.8) is 0 Å². The predicted molar refractivity (Wildman–Crippen MR) is 55.5 cm³/mol. The molecule has 0 aliphatic carbocycles. The van der Waals surface area contributed by atoms with E-state index in [-0.39, 0.29) is 11.2 Å². The normalized spacial score (nSPS) is 10.4. The van der Waals surface area contributed by atoms with Crippen LogP contribution in [-0.4, -0.2) is 9.78 Å². The summed E-state index contributed by atoms with van der Waals surface area (Å²) in [6, 6.07) is 7.64. The summed E-state index contributed by atoms with van der Waals surface area (Å²) in [4.78, 5) is 11.5. The fourth-order valence-electron chi connectivity index (χ4n) is 1.34. The molecule has 14 heavy (non-hydrogen) atoms. The van der Waals surface area contributed by atoms with Crippen molar-refractivity contribution < 1.29 is 0 Å². The van der Waals surface area contributed by atoms with Gasteiger partial charge in [-0.3, -0.25) is 9.89 Å². The van der Waals surface area contributed by atoms with Gasteiger partial charge in [-0.1, -0.05) is 12.1 Å². The summed E-state index contributed by atoms with van der Waals surface area (Å²) in [7, 11) is 0. The Balaban J connectivity index is 2.60. The number of anilines is 1. The molecule has 1 aromatic heterocycles. The van der Waals surface area contributed by atoms with Crippen LogP contribution in [0.1, 0.15) is 5.56 Å². The first-order valence-corrected chi connectivity index (χ1v) is 4.31. The molecule has 3 N–H and O–H groups in total. The topological polar surface area (TPSA) is 63.8 Å². The van der Waals surface area contributed by atoms with E-state index in [1.165, 1.54) is 10.9 Å². The molecule has 0 aliphatic heterocycles. The van der Waals surface area contributed by atoms with Crippen LogP contribution >= 0.6 is 0 Å². The molecule has 0 aliphatic rings. The minimum absolute atomic E-state index is 0.212. The van der Waals surface area contributed by atoms with Gasteiger partial charge in [-0.25, -0.2) is 4.68 Å². The molecule has 1 heterocycles. The number of rotatable bonds is 1. The van der Waals surface area contributed by atoms with Crippen molar-refractivity contribution in [2.24, 2.45) is 0 Å². The number of H-pyrrole nitrogens is 1. The first-order valence-electron chi connectivity index (χ1n) is 4.31. The van der Waals surface area contributed by atoms with Crippen LogP contribution in [-0.2, 0) is 0 Å². The number of nitrogens with zero attached hydrogens (tertiary/aromatic N) is 1. The number of nitrogens with two attached hydrogens (primary N) is 1. The zero-order valence-corrected chi connectivity index (χ0v) is 7.82. The monoisotopic (exact) mass is 189 g/mol. The number of hydrogen-bond donors (Lipinski definition) is 2. The highest BCUT2D eigenvalue weighted by Crippen LogP contribution is 2.07. The Hall–Kier alpha value is -1.97. The van der Waals surface area contributed by atoms with Crippen molar-refractivity contribution in [1.82, 2.24) is 9.78 Å². The molecule has 0 fully saturated rings. The van der Waals surface area contributed by atoms with Gasteiger partial charge >= 0.3 is 0 Å². The van der Waals surface area contributed by atoms with Crippen molar-refractivity contribution in [2.45, 2.75) is 6.92 Å². The van der Waals surface area contributed by atoms with Crippen LogP contribution in [0, 0.1) is 6.92 Å². The molecule has 1 aromatic carbocycles. The van der Waals surface area contributed by atoms with Crippen LogP contribution in [0.3, 0.4) is 0 Å². The van der Waals surface area contributed by atoms with E-state index in [1.807, 2.05) is 31.2 Å². The minimum atomic E-state index is -0.212. The van der Waals surface area contributed by atoms with E-state index in [0.29, 0.717) is 0 Å². The molecular formula is C10H11N3O. The molecule has 72 valence electrons. The van der Waals surface area contributed by atoms with Crippen molar-refractivity contribution >= 4 is 5.69 Å². The Kier molecular flexibility index (Phi) is 1.89. The summed E-state index contributed by atoms with van der Waals surface area (Å²) in [5.74, 6) is 0. The van der Waals surface area contributed by atoms with E-state index in [9.17, 15) is 4.79 Å². The number of nitrogens with one attached hydrogen (secondary N) is 1. The standard InChI is InChI=1S/C10H11N3O/c1-7-3-2-4-8(5-7)13-10(14)9(11)6-12-13/h2-6,12H,11H2,1H3. The number of aryl methyl sites for hydroxylation is 1. The Bertz CT molecular complexity index is 510. The molecule has 4 nitrogen and oxygen atoms in total. The van der Waals surface area contributed by atoms with Crippen molar-refractivity contribution in [3.8, 4) is 5.69 Å². The summed E-state index contributed by atoms with van der Waals surface area (Å²) in [5, 5.41) is 2.80. The molecule has 0 unspecified atom stereocenters. The number of aromatic nitrogens is 2. The van der Waals surface area contributed by atoms with Gasteiger partial charge in [0.15, 0.2) is 0 Å². The van der Waals surface area contributed by atoms with Gasteiger partial charge in [0.2, 0.25) is 0 Å². The highest BCUT2D eigenvalue weighted by molar-refractivity contribution is 5.39. The molecule has 0 saturated heterocycles. The Labute approximate surface area is 81.0 Å². The Morgan fingerprint density at radius 3 is 2.79 bits per heavy atom. The van der Waals surface area contributed by atoms with Gasteiger partial charge in [-0.05, 0) is 24.6 Å². The lowest BCUT2D eigenvalue weighted by Crippen LogP contribution is -2.16. The molecule has 0 saturated carbocycles. The Morgan fingerprint density at radius 2 is 2.21 bits per heavy atom. The third-order valence-electron chi connectivity index (χ3n) is 2.06.